The molecular weight excluding hydrogens is 316 g/mol. The molecule has 2 nitrogen and oxygen atoms in total. The zero-order valence-electron chi connectivity index (χ0n) is 4.56. The first kappa shape index (κ1) is 15.6. The van der Waals surface area contributed by atoms with Crippen LogP contribution < -0.4 is 5.73 Å². The van der Waals surface area contributed by atoms with Gasteiger partial charge in [0.2, 0.25) is 0 Å². The Bertz CT molecular complexity index is 38.7. The van der Waals surface area contributed by atoms with E-state index in [1.165, 1.54) is 0 Å². The first-order valence-corrected chi connectivity index (χ1v) is 1.40. The molecular formula is C4H9NOU. The fourth-order valence-corrected chi connectivity index (χ4v) is 0. The predicted molar refractivity (Wildman–Crippen MR) is 25.8 cm³/mol. The molecule has 0 bridgehead atoms. The van der Waals surface area contributed by atoms with Gasteiger partial charge in [-0.1, -0.05) is 13.0 Å². The van der Waals surface area contributed by atoms with Gasteiger partial charge >= 0.3 is 31.1 Å². The average molecular weight is 325 g/mol. The van der Waals surface area contributed by atoms with Gasteiger partial charge in [-0.05, 0) is 0 Å². The van der Waals surface area contributed by atoms with Gasteiger partial charge in [0.15, 0.2) is 0 Å². The van der Waals surface area contributed by atoms with E-state index in [1.807, 2.05) is 0 Å². The predicted octanol–water partition coefficient (Wildman–Crippen LogP) is -0.106. The van der Waals surface area contributed by atoms with Gasteiger partial charge in [-0.3, -0.25) is 0 Å². The molecule has 0 aromatic rings. The van der Waals surface area contributed by atoms with E-state index in [0.717, 1.165) is 0 Å². The summed E-state index contributed by atoms with van der Waals surface area (Å²) in [4.78, 5) is 9.25. The van der Waals surface area contributed by atoms with Crippen molar-refractivity contribution in [3.63, 3.8) is 0 Å². The van der Waals surface area contributed by atoms with Crippen LogP contribution in [0.5, 0.6) is 0 Å². The summed E-state index contributed by atoms with van der Waals surface area (Å²) in [6, 6.07) is -0.421. The molecule has 0 rings (SSSR count). The maximum atomic E-state index is 9.25. The first-order valence-electron chi connectivity index (χ1n) is 1.40. The van der Waals surface area contributed by atoms with Crippen molar-refractivity contribution in [2.45, 2.75) is 13.0 Å². The van der Waals surface area contributed by atoms with Gasteiger partial charge in [-0.15, -0.1) is 0 Å². The van der Waals surface area contributed by atoms with Crippen LogP contribution in [-0.2, 0) is 4.79 Å². The molecule has 0 fully saturated rings. The van der Waals surface area contributed by atoms with Gasteiger partial charge in [0.1, 0.15) is 0 Å². The number of hydrogen-bond donors (Lipinski definition) is 1. The molecule has 0 aliphatic rings. The minimum Gasteiger partial charge on any atom is -0.540 e. The number of carbonyl (C=O) groups excluding carboxylic acids is 1. The number of rotatable bonds is 1. The molecule has 0 amide bonds. The number of nitrogens with two attached hydrogens (primary N) is 1. The van der Waals surface area contributed by atoms with Crippen LogP contribution in [0.3, 0.4) is 0 Å². The zero-order chi connectivity index (χ0) is 4.28. The van der Waals surface area contributed by atoms with Gasteiger partial charge in [-0.25, -0.2) is 6.29 Å². The van der Waals surface area contributed by atoms with Crippen LogP contribution in [-0.4, -0.2) is 12.3 Å². The molecule has 2 N–H and O–H groups in total. The summed E-state index contributed by atoms with van der Waals surface area (Å²) in [7, 11) is 0. The van der Waals surface area contributed by atoms with Gasteiger partial charge in [0.25, 0.3) is 0 Å². The van der Waals surface area contributed by atoms with E-state index < -0.39 is 6.04 Å². The molecule has 0 aromatic heterocycles. The molecule has 7 heavy (non-hydrogen) atoms. The Morgan fingerprint density at radius 1 is 1.71 bits per heavy atom. The second-order valence-electron chi connectivity index (χ2n) is 0.907. The third-order valence-corrected chi connectivity index (χ3v) is 0.186. The summed E-state index contributed by atoms with van der Waals surface area (Å²) in [5.74, 6) is 0. The van der Waals surface area contributed by atoms with Crippen LogP contribution in [0, 0.1) is 38.5 Å². The van der Waals surface area contributed by atoms with E-state index in [0.29, 0.717) is 0 Å². The van der Waals surface area contributed by atoms with E-state index in [-0.39, 0.29) is 38.5 Å². The first-order chi connectivity index (χ1) is 2.27. The van der Waals surface area contributed by atoms with Crippen LogP contribution in [0.25, 0.3) is 0 Å². The molecule has 0 heterocycles. The standard InChI is InChI=1S/C3H6NO.CH3.U/c1-3(4)2-5;;/h3H,4H2,1H3;1H3;/q2*-1;+2/t3-;;/m0../s1. The SMILES string of the molecule is C[C@H](N)[C-]=O.[CH3-].[U+2]. The van der Waals surface area contributed by atoms with E-state index in [2.05, 4.69) is 0 Å². The largest absolute Gasteiger partial charge is 2.00 e. The van der Waals surface area contributed by atoms with Gasteiger partial charge in [-0.2, -0.15) is 0 Å². The Balaban J connectivity index is -0.0000000800. The van der Waals surface area contributed by atoms with Crippen molar-refractivity contribution in [3.05, 3.63) is 7.43 Å². The molecule has 0 spiro atoms. The minimum atomic E-state index is -0.421. The van der Waals surface area contributed by atoms with E-state index in [4.69, 9.17) is 5.73 Å². The van der Waals surface area contributed by atoms with Gasteiger partial charge in [0, 0.05) is 0 Å². The summed E-state index contributed by atoms with van der Waals surface area (Å²) >= 11 is 0. The fraction of sp³-hybridized carbons (Fsp3) is 0.500. The molecule has 1 atom stereocenters. The summed E-state index contributed by atoms with van der Waals surface area (Å²) in [6.45, 7) is 1.58. The quantitative estimate of drug-likeness (QED) is 0.684. The van der Waals surface area contributed by atoms with Crippen LogP contribution >= 0.6 is 0 Å². The molecule has 3 heteroatoms. The Hall–Kier alpha value is 0.682. The van der Waals surface area contributed by atoms with E-state index >= 15 is 0 Å². The van der Waals surface area contributed by atoms with E-state index in [1.54, 1.807) is 13.2 Å². The second-order valence-corrected chi connectivity index (χ2v) is 0.907. The Morgan fingerprint density at radius 2 is 1.86 bits per heavy atom. The second kappa shape index (κ2) is 9.84. The number of hydrogen-bond acceptors (Lipinski definition) is 2. The minimum absolute atomic E-state index is 0. The van der Waals surface area contributed by atoms with Crippen molar-refractivity contribution in [1.29, 1.82) is 0 Å². The summed E-state index contributed by atoms with van der Waals surface area (Å²) in [5, 5.41) is 0. The maximum absolute atomic E-state index is 9.25. The molecule has 0 aliphatic carbocycles. The summed E-state index contributed by atoms with van der Waals surface area (Å²) < 4.78 is 0. The van der Waals surface area contributed by atoms with Gasteiger partial charge in [0.05, 0.1) is 0 Å². The van der Waals surface area contributed by atoms with E-state index in [9.17, 15) is 4.79 Å². The summed E-state index contributed by atoms with van der Waals surface area (Å²) in [6.07, 6.45) is 1.56. The summed E-state index contributed by atoms with van der Waals surface area (Å²) in [5.41, 5.74) is 4.87. The molecule has 0 saturated heterocycles. The molecule has 0 unspecified atom stereocenters. The van der Waals surface area contributed by atoms with Crippen LogP contribution in [0.2, 0.25) is 0 Å². The Morgan fingerprint density at radius 3 is 1.86 bits per heavy atom. The van der Waals surface area contributed by atoms with Crippen molar-refractivity contribution in [1.82, 2.24) is 0 Å². The smallest absolute Gasteiger partial charge is 0.540 e. The Kier molecular flexibility index (Phi) is 22.0. The Labute approximate surface area is 68.2 Å². The molecule has 40 valence electrons. The normalized spacial score (nSPS) is 10.0. The third kappa shape index (κ3) is 20.4. The zero-order valence-corrected chi connectivity index (χ0v) is 8.73. The van der Waals surface area contributed by atoms with Crippen LogP contribution in [0.1, 0.15) is 6.92 Å². The molecule has 0 aromatic carbocycles. The van der Waals surface area contributed by atoms with Crippen LogP contribution in [0.4, 0.5) is 0 Å². The van der Waals surface area contributed by atoms with Crippen molar-refractivity contribution in [3.8, 4) is 0 Å². The van der Waals surface area contributed by atoms with Crippen LogP contribution in [0.15, 0.2) is 0 Å². The average Bonchev–Trinajstić information content (AvgIpc) is 1.38. The topological polar surface area (TPSA) is 43.1 Å². The van der Waals surface area contributed by atoms with Gasteiger partial charge < -0.3 is 18.0 Å². The van der Waals surface area contributed by atoms with Crippen molar-refractivity contribution in [2.24, 2.45) is 5.73 Å². The van der Waals surface area contributed by atoms with Crippen molar-refractivity contribution in [2.75, 3.05) is 0 Å². The monoisotopic (exact) mass is 325 g/mol. The fourth-order valence-electron chi connectivity index (χ4n) is 0. The van der Waals surface area contributed by atoms with Crippen molar-refractivity contribution >= 4 is 6.29 Å². The maximum Gasteiger partial charge on any atom is 2.00 e. The molecule has 0 saturated carbocycles. The third-order valence-electron chi connectivity index (χ3n) is 0.186. The van der Waals surface area contributed by atoms with Crippen molar-refractivity contribution < 1.29 is 35.9 Å². The molecule has 0 radical (unpaired) electrons. The molecule has 0 aliphatic heterocycles.